The van der Waals surface area contributed by atoms with Gasteiger partial charge >= 0.3 is 0 Å². The number of likely N-dealkylation sites (tertiary alicyclic amines) is 1. The predicted octanol–water partition coefficient (Wildman–Crippen LogP) is 4.22. The highest BCUT2D eigenvalue weighted by Gasteiger charge is 2.45. The van der Waals surface area contributed by atoms with Crippen molar-refractivity contribution in [3.05, 3.63) is 64.7 Å². The van der Waals surface area contributed by atoms with Gasteiger partial charge in [-0.3, -0.25) is 9.59 Å². The average Bonchev–Trinajstić information content (AvgIpc) is 3.07. The van der Waals surface area contributed by atoms with E-state index in [4.69, 9.17) is 4.74 Å². The average molecular weight is 480 g/mol. The fraction of sp³-hybridized carbons (Fsp3) is 0.429. The highest BCUT2D eigenvalue weighted by Crippen LogP contribution is 2.40. The number of carbonyl (C=O) groups is 2. The van der Waals surface area contributed by atoms with Crippen LogP contribution in [0.4, 0.5) is 5.69 Å². The van der Waals surface area contributed by atoms with Gasteiger partial charge in [-0.15, -0.1) is 0 Å². The molecular weight excluding hydrogens is 442 g/mol. The van der Waals surface area contributed by atoms with E-state index in [1.807, 2.05) is 76.1 Å². The summed E-state index contributed by atoms with van der Waals surface area (Å²) in [6.45, 7) is 5.75. The van der Waals surface area contributed by atoms with Gasteiger partial charge in [-0.2, -0.15) is 0 Å². The molecule has 1 unspecified atom stereocenters. The van der Waals surface area contributed by atoms with E-state index in [2.05, 4.69) is 0 Å². The maximum absolute atomic E-state index is 13.2. The van der Waals surface area contributed by atoms with Gasteiger partial charge in [-0.05, 0) is 81.9 Å². The lowest BCUT2D eigenvalue weighted by molar-refractivity contribution is -0.139. The first-order chi connectivity index (χ1) is 16.6. The van der Waals surface area contributed by atoms with Crippen molar-refractivity contribution in [2.45, 2.75) is 32.7 Å². The number of Topliss-reactive ketones (excluding diaryl/α,β-unsaturated/α-hetero) is 1. The number of ketones is 1. The molecule has 0 saturated carbocycles. The molecule has 2 aromatic carbocycles. The van der Waals surface area contributed by atoms with Crippen molar-refractivity contribution in [3.8, 4) is 5.75 Å². The number of benzene rings is 2. The third-order valence-electron chi connectivity index (χ3n) is 6.18. The Morgan fingerprint density at radius 2 is 1.74 bits per heavy atom. The lowest BCUT2D eigenvalue weighted by atomic mass is 9.94. The number of hydrogen-bond donors (Lipinski definition) is 1. The van der Waals surface area contributed by atoms with E-state index < -0.39 is 17.7 Å². The Kier molecular flexibility index (Phi) is 8.57. The summed E-state index contributed by atoms with van der Waals surface area (Å²) in [6.07, 6.45) is 1.61. The molecule has 188 valence electrons. The largest absolute Gasteiger partial charge is 0.507 e. The zero-order valence-corrected chi connectivity index (χ0v) is 21.7. The summed E-state index contributed by atoms with van der Waals surface area (Å²) < 4.78 is 5.75. The van der Waals surface area contributed by atoms with Gasteiger partial charge in [-0.25, -0.2) is 0 Å². The third-order valence-corrected chi connectivity index (χ3v) is 6.18. The van der Waals surface area contributed by atoms with Crippen molar-refractivity contribution in [2.75, 3.05) is 52.8 Å². The molecule has 1 atom stereocenters. The summed E-state index contributed by atoms with van der Waals surface area (Å²) in [5.74, 6) is -0.654. The number of aliphatic hydroxyl groups excluding tert-OH is 1. The molecule has 0 radical (unpaired) electrons. The Morgan fingerprint density at radius 3 is 2.31 bits per heavy atom. The Hall–Kier alpha value is -3.32. The van der Waals surface area contributed by atoms with E-state index in [0.717, 1.165) is 42.0 Å². The number of aryl methyl sites for hydroxylation is 1. The summed E-state index contributed by atoms with van der Waals surface area (Å²) in [5, 5.41) is 11.3. The van der Waals surface area contributed by atoms with Gasteiger partial charge in [0.25, 0.3) is 11.7 Å². The minimum atomic E-state index is -0.655. The molecule has 1 aliphatic rings. The minimum absolute atomic E-state index is 0.124. The van der Waals surface area contributed by atoms with E-state index in [1.165, 1.54) is 0 Å². The summed E-state index contributed by atoms with van der Waals surface area (Å²) in [5.41, 5.74) is 3.28. The summed E-state index contributed by atoms with van der Waals surface area (Å²) in [7, 11) is 7.86. The Morgan fingerprint density at radius 1 is 1.06 bits per heavy atom. The second-order valence-corrected chi connectivity index (χ2v) is 9.46. The van der Waals surface area contributed by atoms with Gasteiger partial charge in [-0.1, -0.05) is 19.1 Å². The van der Waals surface area contributed by atoms with Crippen LogP contribution in [-0.4, -0.2) is 74.5 Å². The normalized spacial score (nSPS) is 17.3. The van der Waals surface area contributed by atoms with E-state index >= 15 is 0 Å². The second-order valence-electron chi connectivity index (χ2n) is 9.46. The Balaban J connectivity index is 2.06. The fourth-order valence-corrected chi connectivity index (χ4v) is 4.30. The second kappa shape index (κ2) is 11.4. The van der Waals surface area contributed by atoms with E-state index in [9.17, 15) is 14.7 Å². The third kappa shape index (κ3) is 5.85. The molecule has 2 aromatic rings. The standard InChI is InChI=1S/C28H37N3O4/c1-7-17-35-23-14-11-21(18-19(23)2)26(32)24-25(20-9-12-22(13-10-20)30(5)6)31(28(34)27(24)33)16-8-15-29(3)4/h9-14,18,25,32H,7-8,15-17H2,1-6H3/b26-24-. The van der Waals surface area contributed by atoms with E-state index in [-0.39, 0.29) is 11.3 Å². The molecule has 3 rings (SSSR count). The zero-order chi connectivity index (χ0) is 25.7. The van der Waals surface area contributed by atoms with Crippen LogP contribution in [0, 0.1) is 6.92 Å². The molecule has 1 amide bonds. The molecule has 0 aromatic heterocycles. The number of amides is 1. The highest BCUT2D eigenvalue weighted by molar-refractivity contribution is 6.46. The smallest absolute Gasteiger partial charge is 0.295 e. The number of hydrogen-bond acceptors (Lipinski definition) is 6. The molecular formula is C28H37N3O4. The molecule has 1 heterocycles. The van der Waals surface area contributed by atoms with Gasteiger partial charge in [0.05, 0.1) is 18.2 Å². The van der Waals surface area contributed by atoms with E-state index in [0.29, 0.717) is 18.7 Å². The molecule has 0 spiro atoms. The molecule has 1 saturated heterocycles. The topological polar surface area (TPSA) is 73.3 Å². The number of aliphatic hydroxyl groups is 1. The molecule has 1 fully saturated rings. The molecule has 7 nitrogen and oxygen atoms in total. The quantitative estimate of drug-likeness (QED) is 0.312. The van der Waals surface area contributed by atoms with E-state index in [1.54, 1.807) is 23.1 Å². The first-order valence-corrected chi connectivity index (χ1v) is 12.1. The lowest BCUT2D eigenvalue weighted by Gasteiger charge is -2.26. The molecule has 1 aliphatic heterocycles. The predicted molar refractivity (Wildman–Crippen MR) is 140 cm³/mol. The van der Waals surface area contributed by atoms with Gasteiger partial charge in [0.1, 0.15) is 11.5 Å². The van der Waals surface area contributed by atoms with Crippen LogP contribution in [0.1, 0.15) is 42.5 Å². The van der Waals surface area contributed by atoms with Gasteiger partial charge in [0, 0.05) is 31.9 Å². The van der Waals surface area contributed by atoms with Crippen LogP contribution < -0.4 is 9.64 Å². The molecule has 1 N–H and O–H groups in total. The van der Waals surface area contributed by atoms with Crippen molar-refractivity contribution in [2.24, 2.45) is 0 Å². The SMILES string of the molecule is CCCOc1ccc(/C(O)=C2/C(=O)C(=O)N(CCCN(C)C)C2c2ccc(N(C)C)cc2)cc1C. The number of carbonyl (C=O) groups excluding carboxylic acids is 2. The van der Waals surface area contributed by atoms with Crippen LogP contribution in [0.2, 0.25) is 0 Å². The van der Waals surface area contributed by atoms with Gasteiger partial charge in [0.2, 0.25) is 0 Å². The highest BCUT2D eigenvalue weighted by atomic mass is 16.5. The van der Waals surface area contributed by atoms with Crippen molar-refractivity contribution < 1.29 is 19.4 Å². The monoisotopic (exact) mass is 479 g/mol. The van der Waals surface area contributed by atoms with Crippen molar-refractivity contribution in [1.29, 1.82) is 0 Å². The number of nitrogens with zero attached hydrogens (tertiary/aromatic N) is 3. The molecule has 0 aliphatic carbocycles. The van der Waals surface area contributed by atoms with Crippen LogP contribution in [-0.2, 0) is 9.59 Å². The Bertz CT molecular complexity index is 1090. The lowest BCUT2D eigenvalue weighted by Crippen LogP contribution is -2.32. The number of ether oxygens (including phenoxy) is 1. The maximum atomic E-state index is 13.2. The number of rotatable bonds is 10. The molecule has 7 heteroatoms. The van der Waals surface area contributed by atoms with Crippen molar-refractivity contribution in [3.63, 3.8) is 0 Å². The minimum Gasteiger partial charge on any atom is -0.507 e. The molecule has 35 heavy (non-hydrogen) atoms. The van der Waals surface area contributed by atoms with Crippen molar-refractivity contribution >= 4 is 23.1 Å². The zero-order valence-electron chi connectivity index (χ0n) is 21.7. The van der Waals surface area contributed by atoms with Gasteiger partial charge in [0.15, 0.2) is 0 Å². The van der Waals surface area contributed by atoms with Crippen LogP contribution in [0.25, 0.3) is 5.76 Å². The van der Waals surface area contributed by atoms with Gasteiger partial charge < -0.3 is 24.5 Å². The molecule has 0 bridgehead atoms. The van der Waals surface area contributed by atoms with Crippen molar-refractivity contribution in [1.82, 2.24) is 9.80 Å². The Labute approximate surface area is 208 Å². The number of anilines is 1. The first kappa shape index (κ1) is 26.3. The van der Waals surface area contributed by atoms with Crippen LogP contribution in [0.3, 0.4) is 0 Å². The summed E-state index contributed by atoms with van der Waals surface area (Å²) in [4.78, 5) is 32.0. The van der Waals surface area contributed by atoms with Crippen LogP contribution in [0.5, 0.6) is 5.75 Å². The summed E-state index contributed by atoms with van der Waals surface area (Å²) in [6, 6.07) is 12.4. The first-order valence-electron chi connectivity index (χ1n) is 12.1. The van der Waals surface area contributed by atoms with Crippen LogP contribution >= 0.6 is 0 Å². The fourth-order valence-electron chi connectivity index (χ4n) is 4.30. The summed E-state index contributed by atoms with van der Waals surface area (Å²) >= 11 is 0. The maximum Gasteiger partial charge on any atom is 0.295 e. The van der Waals surface area contributed by atoms with Crippen LogP contribution in [0.15, 0.2) is 48.0 Å².